The highest BCUT2D eigenvalue weighted by Crippen LogP contribution is 2.49. The van der Waals surface area contributed by atoms with Gasteiger partial charge in [-0.2, -0.15) is 0 Å². The van der Waals surface area contributed by atoms with E-state index in [4.69, 9.17) is 4.74 Å². The maximum Gasteiger partial charge on any atom is 0.410 e. The first-order valence-electron chi connectivity index (χ1n) is 10.4. The van der Waals surface area contributed by atoms with Gasteiger partial charge in [0.1, 0.15) is 5.60 Å². The Hall–Kier alpha value is -2.83. The van der Waals surface area contributed by atoms with Crippen molar-refractivity contribution in [3.63, 3.8) is 0 Å². The summed E-state index contributed by atoms with van der Waals surface area (Å²) >= 11 is 0. The summed E-state index contributed by atoms with van der Waals surface area (Å²) in [6.45, 7) is 10.9. The van der Waals surface area contributed by atoms with Gasteiger partial charge in [0.2, 0.25) is 0 Å². The van der Waals surface area contributed by atoms with Crippen molar-refractivity contribution >= 4 is 18.1 Å². The third-order valence-corrected chi connectivity index (χ3v) is 6.15. The highest BCUT2D eigenvalue weighted by Gasteiger charge is 2.60. The topological polar surface area (TPSA) is 71.8 Å². The molecule has 1 saturated heterocycles. The van der Waals surface area contributed by atoms with Crippen molar-refractivity contribution in [2.75, 3.05) is 20.1 Å². The second-order valence-electron chi connectivity index (χ2n) is 9.41. The molecule has 0 radical (unpaired) electrons. The lowest BCUT2D eigenvalue weighted by atomic mass is 10.1. The minimum absolute atomic E-state index is 0.0644. The fourth-order valence-electron chi connectivity index (χ4n) is 4.73. The lowest BCUT2D eigenvalue weighted by Gasteiger charge is -2.28. The molecule has 2 aliphatic carbocycles. The van der Waals surface area contributed by atoms with Gasteiger partial charge in [0.15, 0.2) is 0 Å². The van der Waals surface area contributed by atoms with Gasteiger partial charge in [0, 0.05) is 56.3 Å². The zero-order chi connectivity index (χ0) is 21.8. The van der Waals surface area contributed by atoms with Crippen molar-refractivity contribution in [1.82, 2.24) is 14.4 Å². The molecular formula is C23H29N3O4. The zero-order valence-corrected chi connectivity index (χ0v) is 18.1. The SMILES string of the molecule is C=CCn1cc(C(=O)N(C)C2[C@H]3CN(C(=O)OC(C)(C)C)C[C@@H]23)c2c(c1=O)CC=C2. The maximum absolute atomic E-state index is 13.3. The molecule has 1 aromatic heterocycles. The standard InChI is InChI=1S/C23H29N3O4/c1-6-10-25-13-18(14-8-7-9-15(14)21(25)28)20(27)24(5)19-16-11-26(12-17(16)19)22(29)30-23(2,3)4/h6-8,13,16-17,19H,1,9-12H2,2-5H3/t16-,17+,19?. The van der Waals surface area contributed by atoms with Crippen molar-refractivity contribution in [1.29, 1.82) is 0 Å². The highest BCUT2D eigenvalue weighted by atomic mass is 16.6. The summed E-state index contributed by atoms with van der Waals surface area (Å²) < 4.78 is 7.01. The van der Waals surface area contributed by atoms with Crippen LogP contribution in [0.25, 0.3) is 6.08 Å². The van der Waals surface area contributed by atoms with Crippen LogP contribution >= 0.6 is 0 Å². The predicted octanol–water partition coefficient (Wildman–Crippen LogP) is 2.54. The molecule has 0 bridgehead atoms. The van der Waals surface area contributed by atoms with Crippen LogP contribution in [0.2, 0.25) is 0 Å². The van der Waals surface area contributed by atoms with Crippen LogP contribution in [-0.4, -0.2) is 58.1 Å². The third kappa shape index (κ3) is 3.46. The Morgan fingerprint density at radius 1 is 1.30 bits per heavy atom. The highest BCUT2D eigenvalue weighted by molar-refractivity contribution is 5.98. The summed E-state index contributed by atoms with van der Waals surface area (Å²) in [4.78, 5) is 41.7. The Morgan fingerprint density at radius 3 is 2.57 bits per heavy atom. The smallest absolute Gasteiger partial charge is 0.410 e. The molecule has 0 N–H and O–H groups in total. The average Bonchev–Trinajstić information content (AvgIpc) is 3.04. The number of fused-ring (bicyclic) bond motifs is 2. The number of likely N-dealkylation sites (tertiary alicyclic amines) is 1. The Kier molecular flexibility index (Phi) is 4.87. The van der Waals surface area contributed by atoms with Crippen LogP contribution < -0.4 is 5.56 Å². The fraction of sp³-hybridized carbons (Fsp3) is 0.522. The Morgan fingerprint density at radius 2 is 1.97 bits per heavy atom. The van der Waals surface area contributed by atoms with E-state index in [-0.39, 0.29) is 35.4 Å². The zero-order valence-electron chi connectivity index (χ0n) is 18.1. The fourth-order valence-corrected chi connectivity index (χ4v) is 4.73. The summed E-state index contributed by atoms with van der Waals surface area (Å²) in [5.74, 6) is 0.460. The van der Waals surface area contributed by atoms with E-state index in [0.717, 1.165) is 5.56 Å². The molecule has 1 unspecified atom stereocenters. The molecular weight excluding hydrogens is 382 g/mol. The van der Waals surface area contributed by atoms with Gasteiger partial charge < -0.3 is 19.1 Å². The van der Waals surface area contributed by atoms with Crippen molar-refractivity contribution < 1.29 is 14.3 Å². The molecule has 4 rings (SSSR count). The van der Waals surface area contributed by atoms with Gasteiger partial charge in [-0.1, -0.05) is 18.2 Å². The summed E-state index contributed by atoms with van der Waals surface area (Å²) in [6, 6.07) is 0.108. The maximum atomic E-state index is 13.3. The van der Waals surface area contributed by atoms with E-state index in [2.05, 4.69) is 6.58 Å². The summed E-state index contributed by atoms with van der Waals surface area (Å²) in [5, 5.41) is 0. The average molecular weight is 412 g/mol. The van der Waals surface area contributed by atoms with Gasteiger partial charge >= 0.3 is 6.09 Å². The van der Waals surface area contributed by atoms with Gasteiger partial charge in [0.05, 0.1) is 5.56 Å². The number of piperidine rings is 1. The van der Waals surface area contributed by atoms with Crippen LogP contribution in [0.5, 0.6) is 0 Å². The molecule has 7 heteroatoms. The van der Waals surface area contributed by atoms with Crippen LogP contribution in [0, 0.1) is 11.8 Å². The molecule has 1 aromatic rings. The van der Waals surface area contributed by atoms with Crippen molar-refractivity contribution in [3.05, 3.63) is 52.0 Å². The van der Waals surface area contributed by atoms with Crippen molar-refractivity contribution in [3.8, 4) is 0 Å². The first-order valence-corrected chi connectivity index (χ1v) is 10.4. The van der Waals surface area contributed by atoms with E-state index < -0.39 is 5.60 Å². The molecule has 3 atom stereocenters. The van der Waals surface area contributed by atoms with E-state index in [9.17, 15) is 14.4 Å². The van der Waals surface area contributed by atoms with Gasteiger partial charge in [0.25, 0.3) is 11.5 Å². The molecule has 2 heterocycles. The molecule has 2 fully saturated rings. The quantitative estimate of drug-likeness (QED) is 0.714. The summed E-state index contributed by atoms with van der Waals surface area (Å²) in [7, 11) is 1.82. The number of ether oxygens (including phenoxy) is 1. The number of rotatable bonds is 4. The van der Waals surface area contributed by atoms with Gasteiger partial charge in [-0.05, 0) is 32.8 Å². The van der Waals surface area contributed by atoms with Crippen molar-refractivity contribution in [2.24, 2.45) is 11.8 Å². The molecule has 1 aliphatic heterocycles. The van der Waals surface area contributed by atoms with E-state index in [1.165, 1.54) is 0 Å². The van der Waals surface area contributed by atoms with E-state index in [1.807, 2.05) is 40.0 Å². The number of allylic oxidation sites excluding steroid dienone is 2. The van der Waals surface area contributed by atoms with Gasteiger partial charge in [-0.3, -0.25) is 9.59 Å². The normalized spacial score (nSPS) is 23.7. The number of aromatic nitrogens is 1. The monoisotopic (exact) mass is 411 g/mol. The first-order chi connectivity index (χ1) is 14.1. The minimum atomic E-state index is -0.515. The molecule has 160 valence electrons. The number of amides is 2. The lowest BCUT2D eigenvalue weighted by molar-refractivity contribution is 0.0260. The molecule has 7 nitrogen and oxygen atoms in total. The number of hydrogen-bond donors (Lipinski definition) is 0. The number of nitrogens with zero attached hydrogens (tertiary/aromatic N) is 3. The third-order valence-electron chi connectivity index (χ3n) is 6.15. The Balaban J connectivity index is 1.48. The summed E-state index contributed by atoms with van der Waals surface area (Å²) in [6.07, 6.45) is 7.37. The second-order valence-corrected chi connectivity index (χ2v) is 9.41. The van der Waals surface area contributed by atoms with Crippen LogP contribution in [0.1, 0.15) is 42.3 Å². The van der Waals surface area contributed by atoms with Crippen LogP contribution in [0.3, 0.4) is 0 Å². The number of hydrogen-bond acceptors (Lipinski definition) is 4. The Bertz CT molecular complexity index is 989. The molecule has 3 aliphatic rings. The van der Waals surface area contributed by atoms with Crippen molar-refractivity contribution in [2.45, 2.75) is 45.4 Å². The molecule has 0 spiro atoms. The predicted molar refractivity (Wildman–Crippen MR) is 114 cm³/mol. The summed E-state index contributed by atoms with van der Waals surface area (Å²) in [5.41, 5.74) is 1.38. The minimum Gasteiger partial charge on any atom is -0.444 e. The lowest BCUT2D eigenvalue weighted by Crippen LogP contribution is -2.41. The first kappa shape index (κ1) is 20.4. The molecule has 1 saturated carbocycles. The molecule has 0 aromatic carbocycles. The van der Waals surface area contributed by atoms with Crippen LogP contribution in [-0.2, 0) is 17.7 Å². The molecule has 30 heavy (non-hydrogen) atoms. The van der Waals surface area contributed by atoms with Gasteiger partial charge in [-0.15, -0.1) is 6.58 Å². The van der Waals surface area contributed by atoms with E-state index in [0.29, 0.717) is 37.2 Å². The molecule has 2 amide bonds. The van der Waals surface area contributed by atoms with E-state index in [1.54, 1.807) is 26.6 Å². The Labute approximate surface area is 176 Å². The van der Waals surface area contributed by atoms with E-state index >= 15 is 0 Å². The van der Waals surface area contributed by atoms with Crippen LogP contribution in [0.4, 0.5) is 4.79 Å². The number of carbonyl (C=O) groups is 2. The largest absolute Gasteiger partial charge is 0.444 e. The van der Waals surface area contributed by atoms with Crippen LogP contribution in [0.15, 0.2) is 29.7 Å². The number of pyridine rings is 1. The number of carbonyl (C=O) groups excluding carboxylic acids is 2. The second kappa shape index (κ2) is 7.15. The van der Waals surface area contributed by atoms with Gasteiger partial charge in [-0.25, -0.2) is 4.79 Å².